The number of nitrogens with zero attached hydrogens (tertiary/aromatic N) is 1. The number of hydrogen-bond acceptors (Lipinski definition) is 8. The third-order valence-electron chi connectivity index (χ3n) is 6.58. The van der Waals surface area contributed by atoms with Crippen molar-refractivity contribution >= 4 is 28.7 Å². The Kier molecular flexibility index (Phi) is 9.28. The average molecular weight is 589 g/mol. The molecule has 0 saturated carbocycles. The molecule has 0 atom stereocenters. The van der Waals surface area contributed by atoms with Crippen LogP contribution in [0.15, 0.2) is 69.9 Å². The number of nitrogens with one attached hydrogen (secondary N) is 1. The summed E-state index contributed by atoms with van der Waals surface area (Å²) in [5, 5.41) is 3.28. The lowest BCUT2D eigenvalue weighted by Gasteiger charge is -2.24. The third-order valence-corrected chi connectivity index (χ3v) is 6.58. The van der Waals surface area contributed by atoms with E-state index in [2.05, 4.69) is 5.32 Å². The number of ether oxygens (including phenoxy) is 4. The largest absolute Gasteiger partial charge is 0.497 e. The SMILES string of the molecule is COc1cccc(-c2cc(C(=O)Nc3cc4ccc(OCCN(C)C(=O)OC(C)(C)C)c(C)c4oc3=O)ccc2OC)c1. The molecule has 0 bridgehead atoms. The van der Waals surface area contributed by atoms with E-state index in [1.165, 1.54) is 4.90 Å². The molecule has 1 N–H and O–H groups in total. The van der Waals surface area contributed by atoms with Gasteiger partial charge < -0.3 is 33.6 Å². The highest BCUT2D eigenvalue weighted by Crippen LogP contribution is 2.33. The Bertz CT molecular complexity index is 1700. The number of carbonyl (C=O) groups is 2. The molecule has 0 aliphatic carbocycles. The van der Waals surface area contributed by atoms with E-state index >= 15 is 0 Å². The van der Waals surface area contributed by atoms with Crippen molar-refractivity contribution in [2.24, 2.45) is 0 Å². The molecule has 0 aliphatic rings. The van der Waals surface area contributed by atoms with Crippen molar-refractivity contribution in [3.63, 3.8) is 0 Å². The number of rotatable bonds is 9. The number of aryl methyl sites for hydroxylation is 1. The molecular weight excluding hydrogens is 552 g/mol. The highest BCUT2D eigenvalue weighted by molar-refractivity contribution is 6.05. The molecular formula is C33H36N2O8. The van der Waals surface area contributed by atoms with Crippen molar-refractivity contribution in [2.75, 3.05) is 39.7 Å². The van der Waals surface area contributed by atoms with Crippen LogP contribution in [-0.4, -0.2) is 56.9 Å². The quantitative estimate of drug-likeness (QED) is 0.227. The molecule has 0 radical (unpaired) electrons. The zero-order chi connectivity index (χ0) is 31.3. The molecule has 10 heteroatoms. The Balaban J connectivity index is 1.50. The zero-order valence-electron chi connectivity index (χ0n) is 25.4. The maximum Gasteiger partial charge on any atom is 0.410 e. The third kappa shape index (κ3) is 7.45. The fourth-order valence-corrected chi connectivity index (χ4v) is 4.33. The standard InChI is InChI=1S/C33H36N2O8/c1-20-27(41-16-15-35(5)32(38)43-33(2,3)4)13-11-22-19-26(31(37)42-29(20)22)34-30(36)23-12-14-28(40-7)25(18-23)21-9-8-10-24(17-21)39-6/h8-14,17-19H,15-16H2,1-7H3,(H,34,36). The maximum absolute atomic E-state index is 13.2. The van der Waals surface area contributed by atoms with E-state index in [0.717, 1.165) is 5.56 Å². The number of amides is 2. The number of carbonyl (C=O) groups excluding carboxylic acids is 2. The predicted octanol–water partition coefficient (Wildman–Crippen LogP) is 6.28. The highest BCUT2D eigenvalue weighted by atomic mass is 16.6. The van der Waals surface area contributed by atoms with Gasteiger partial charge in [-0.05, 0) is 81.8 Å². The summed E-state index contributed by atoms with van der Waals surface area (Å²) >= 11 is 0. The molecule has 0 unspecified atom stereocenters. The molecule has 0 spiro atoms. The maximum atomic E-state index is 13.2. The van der Waals surface area contributed by atoms with Gasteiger partial charge in [0, 0.05) is 29.1 Å². The van der Waals surface area contributed by atoms with Crippen LogP contribution in [0.4, 0.5) is 10.5 Å². The zero-order valence-corrected chi connectivity index (χ0v) is 25.4. The summed E-state index contributed by atoms with van der Waals surface area (Å²) in [6.45, 7) is 7.69. The van der Waals surface area contributed by atoms with E-state index in [1.807, 2.05) is 24.3 Å². The molecule has 0 fully saturated rings. The van der Waals surface area contributed by atoms with E-state index in [0.29, 0.717) is 51.5 Å². The fraction of sp³-hybridized carbons (Fsp3) is 0.303. The van der Waals surface area contributed by atoms with Gasteiger partial charge in [-0.15, -0.1) is 0 Å². The summed E-state index contributed by atoms with van der Waals surface area (Å²) < 4.78 is 27.7. The topological polar surface area (TPSA) is 117 Å². The van der Waals surface area contributed by atoms with Gasteiger partial charge in [0.25, 0.3) is 5.91 Å². The Hall–Kier alpha value is -4.99. The van der Waals surface area contributed by atoms with E-state index in [1.54, 1.807) is 85.4 Å². The van der Waals surface area contributed by atoms with Crippen LogP contribution in [0.3, 0.4) is 0 Å². The first-order valence-electron chi connectivity index (χ1n) is 13.7. The number of likely N-dealkylation sites (N-methyl/N-ethyl adjacent to an activating group) is 1. The second-order valence-corrected chi connectivity index (χ2v) is 10.9. The minimum atomic E-state index is -0.702. The minimum absolute atomic E-state index is 0.00306. The summed E-state index contributed by atoms with van der Waals surface area (Å²) in [5.74, 6) is 1.28. The number of methoxy groups -OCH3 is 2. The number of anilines is 1. The molecule has 0 saturated heterocycles. The van der Waals surface area contributed by atoms with Crippen LogP contribution in [0.1, 0.15) is 36.7 Å². The second-order valence-electron chi connectivity index (χ2n) is 10.9. The van der Waals surface area contributed by atoms with Gasteiger partial charge in [0.15, 0.2) is 0 Å². The van der Waals surface area contributed by atoms with Crippen molar-refractivity contribution in [3.05, 3.63) is 82.2 Å². The monoisotopic (exact) mass is 588 g/mol. The normalized spacial score (nSPS) is 11.1. The molecule has 3 aromatic carbocycles. The number of benzene rings is 3. The second kappa shape index (κ2) is 12.9. The van der Waals surface area contributed by atoms with Crippen molar-refractivity contribution < 1.29 is 33.0 Å². The minimum Gasteiger partial charge on any atom is -0.497 e. The van der Waals surface area contributed by atoms with Crippen LogP contribution in [0.5, 0.6) is 17.2 Å². The van der Waals surface area contributed by atoms with Crippen molar-refractivity contribution in [3.8, 4) is 28.4 Å². The molecule has 0 aliphatic heterocycles. The summed E-state index contributed by atoms with van der Waals surface area (Å²) in [5.41, 5.74) is 1.49. The van der Waals surface area contributed by atoms with Gasteiger partial charge in [0.1, 0.15) is 40.7 Å². The van der Waals surface area contributed by atoms with Gasteiger partial charge in [-0.25, -0.2) is 9.59 Å². The van der Waals surface area contributed by atoms with Crippen LogP contribution in [0.25, 0.3) is 22.1 Å². The Morgan fingerprint density at radius 1 is 0.953 bits per heavy atom. The summed E-state index contributed by atoms with van der Waals surface area (Å²) in [6.07, 6.45) is -0.446. The molecule has 43 heavy (non-hydrogen) atoms. The lowest BCUT2D eigenvalue weighted by atomic mass is 10.0. The molecule has 226 valence electrons. The van der Waals surface area contributed by atoms with Crippen molar-refractivity contribution in [2.45, 2.75) is 33.3 Å². The van der Waals surface area contributed by atoms with Crippen molar-refractivity contribution in [1.82, 2.24) is 4.90 Å². The first-order valence-corrected chi connectivity index (χ1v) is 13.7. The molecule has 2 amide bonds. The van der Waals surface area contributed by atoms with E-state index in [-0.39, 0.29) is 12.3 Å². The van der Waals surface area contributed by atoms with Gasteiger partial charge in [-0.1, -0.05) is 12.1 Å². The Morgan fingerprint density at radius 2 is 1.70 bits per heavy atom. The van der Waals surface area contributed by atoms with E-state index < -0.39 is 23.2 Å². The number of hydrogen-bond donors (Lipinski definition) is 1. The summed E-state index contributed by atoms with van der Waals surface area (Å²) in [6, 6.07) is 17.5. The summed E-state index contributed by atoms with van der Waals surface area (Å²) in [4.78, 5) is 39.7. The molecule has 4 aromatic rings. The van der Waals surface area contributed by atoms with E-state index in [9.17, 15) is 14.4 Å². The first-order chi connectivity index (χ1) is 20.4. The molecule has 4 rings (SSSR count). The smallest absolute Gasteiger partial charge is 0.410 e. The highest BCUT2D eigenvalue weighted by Gasteiger charge is 2.20. The van der Waals surface area contributed by atoms with Crippen LogP contribution in [0, 0.1) is 6.92 Å². The average Bonchev–Trinajstić information content (AvgIpc) is 2.97. The van der Waals surface area contributed by atoms with Gasteiger partial charge in [0.2, 0.25) is 0 Å². The van der Waals surface area contributed by atoms with Crippen molar-refractivity contribution in [1.29, 1.82) is 0 Å². The molecule has 1 aromatic heterocycles. The lowest BCUT2D eigenvalue weighted by molar-refractivity contribution is 0.0278. The van der Waals surface area contributed by atoms with Gasteiger partial charge >= 0.3 is 11.7 Å². The van der Waals surface area contributed by atoms with Crippen LogP contribution >= 0.6 is 0 Å². The van der Waals surface area contributed by atoms with Crippen LogP contribution in [0.2, 0.25) is 0 Å². The van der Waals surface area contributed by atoms with Crippen LogP contribution in [-0.2, 0) is 4.74 Å². The lowest BCUT2D eigenvalue weighted by Crippen LogP contribution is -2.36. The molecule has 10 nitrogen and oxygen atoms in total. The van der Waals surface area contributed by atoms with Crippen LogP contribution < -0.4 is 25.2 Å². The van der Waals surface area contributed by atoms with Gasteiger partial charge in [-0.2, -0.15) is 0 Å². The predicted molar refractivity (Wildman–Crippen MR) is 165 cm³/mol. The Labute approximate surface area is 250 Å². The Morgan fingerprint density at radius 3 is 2.40 bits per heavy atom. The van der Waals surface area contributed by atoms with E-state index in [4.69, 9.17) is 23.4 Å². The van der Waals surface area contributed by atoms with Gasteiger partial charge in [-0.3, -0.25) is 4.79 Å². The molecule has 1 heterocycles. The first kappa shape index (κ1) is 31.0. The fourth-order valence-electron chi connectivity index (χ4n) is 4.33. The summed E-state index contributed by atoms with van der Waals surface area (Å²) in [7, 11) is 4.77. The van der Waals surface area contributed by atoms with Gasteiger partial charge in [0.05, 0.1) is 20.8 Å². The number of fused-ring (bicyclic) bond motifs is 1.